The van der Waals surface area contributed by atoms with E-state index in [9.17, 15) is 9.59 Å². The van der Waals surface area contributed by atoms with Crippen LogP contribution in [0.25, 0.3) is 0 Å². The smallest absolute Gasteiger partial charge is 0.332 e. The first-order chi connectivity index (χ1) is 7.19. The summed E-state index contributed by atoms with van der Waals surface area (Å²) in [6.07, 6.45) is 4.50. The molecule has 0 aromatic carbocycles. The highest BCUT2D eigenvalue weighted by Gasteiger charge is 2.15. The molecule has 0 rings (SSSR count). The number of rotatable bonds is 7. The van der Waals surface area contributed by atoms with E-state index in [1.807, 2.05) is 0 Å². The van der Waals surface area contributed by atoms with Crippen LogP contribution < -0.4 is 5.32 Å². The van der Waals surface area contributed by atoms with Gasteiger partial charge in [0.05, 0.1) is 7.11 Å². The van der Waals surface area contributed by atoms with Crippen LogP contribution in [0.2, 0.25) is 0 Å². The molecule has 5 heteroatoms. The number of alkyl halides is 1. The molecule has 4 nitrogen and oxygen atoms in total. The third-order valence-corrected chi connectivity index (χ3v) is 2.40. The van der Waals surface area contributed by atoms with Gasteiger partial charge >= 0.3 is 5.97 Å². The van der Waals surface area contributed by atoms with E-state index in [-0.39, 0.29) is 0 Å². The van der Waals surface area contributed by atoms with Gasteiger partial charge in [-0.15, -0.1) is 6.58 Å². The van der Waals surface area contributed by atoms with Gasteiger partial charge in [0.1, 0.15) is 6.04 Å². The van der Waals surface area contributed by atoms with Crippen LogP contribution in [0.5, 0.6) is 0 Å². The van der Waals surface area contributed by atoms with E-state index in [1.54, 1.807) is 12.2 Å². The van der Waals surface area contributed by atoms with Crippen LogP contribution in [-0.2, 0) is 14.3 Å². The summed E-state index contributed by atoms with van der Waals surface area (Å²) < 4.78 is 4.54. The van der Waals surface area contributed by atoms with Crippen molar-refractivity contribution in [2.24, 2.45) is 0 Å². The second-order valence-electron chi connectivity index (χ2n) is 2.74. The number of hydrogen-bond acceptors (Lipinski definition) is 3. The number of nitrogens with one attached hydrogen (secondary N) is 1. The summed E-state index contributed by atoms with van der Waals surface area (Å²) in [6.45, 7) is 3.60. The highest BCUT2D eigenvalue weighted by Crippen LogP contribution is 2.08. The largest absolute Gasteiger partial charge is 0.467 e. The van der Waals surface area contributed by atoms with Gasteiger partial charge in [0.2, 0.25) is 6.41 Å². The Labute approximate surface area is 97.5 Å². The molecule has 0 aromatic heterocycles. The fraction of sp³-hybridized carbons (Fsp3) is 0.400. The first-order valence-electron chi connectivity index (χ1n) is 4.33. The van der Waals surface area contributed by atoms with Gasteiger partial charge in [-0.3, -0.25) is 4.79 Å². The molecule has 1 N–H and O–H groups in total. The van der Waals surface area contributed by atoms with Gasteiger partial charge in [-0.2, -0.15) is 0 Å². The van der Waals surface area contributed by atoms with E-state index in [0.29, 0.717) is 18.2 Å². The van der Waals surface area contributed by atoms with Crippen LogP contribution in [0.3, 0.4) is 0 Å². The summed E-state index contributed by atoms with van der Waals surface area (Å²) >= 11 is 3.28. The normalized spacial score (nSPS) is 12.8. The van der Waals surface area contributed by atoms with Crippen molar-refractivity contribution in [1.29, 1.82) is 0 Å². The fourth-order valence-corrected chi connectivity index (χ4v) is 1.39. The topological polar surface area (TPSA) is 55.4 Å². The number of hydrogen-bond donors (Lipinski definition) is 1. The third-order valence-electron chi connectivity index (χ3n) is 1.68. The molecule has 0 saturated heterocycles. The molecular weight excluding hydrogens is 262 g/mol. The summed E-state index contributed by atoms with van der Waals surface area (Å²) in [5.74, 6) is -0.496. The third kappa shape index (κ3) is 5.37. The van der Waals surface area contributed by atoms with Crippen LogP contribution in [-0.4, -0.2) is 30.9 Å². The number of ether oxygens (including phenoxy) is 1. The lowest BCUT2D eigenvalue weighted by Gasteiger charge is -2.10. The maximum absolute atomic E-state index is 11.2. The van der Waals surface area contributed by atoms with Crippen molar-refractivity contribution in [1.82, 2.24) is 5.32 Å². The first-order valence-corrected chi connectivity index (χ1v) is 5.45. The lowest BCUT2D eigenvalue weighted by atomic mass is 10.1. The Kier molecular flexibility index (Phi) is 7.62. The van der Waals surface area contributed by atoms with Crippen LogP contribution in [0, 0.1) is 0 Å². The van der Waals surface area contributed by atoms with Crippen LogP contribution in [0.4, 0.5) is 0 Å². The average molecular weight is 276 g/mol. The molecule has 0 spiro atoms. The van der Waals surface area contributed by atoms with E-state index in [4.69, 9.17) is 0 Å². The zero-order chi connectivity index (χ0) is 11.7. The minimum absolute atomic E-state index is 0.470. The molecule has 0 heterocycles. The molecule has 0 aliphatic carbocycles. The number of esters is 1. The number of halogens is 1. The SMILES string of the molecule is C=CCC(=CC(NC=O)C(=O)OC)CBr. The van der Waals surface area contributed by atoms with Crippen molar-refractivity contribution in [2.75, 3.05) is 12.4 Å². The molecule has 0 aromatic rings. The molecular formula is C10H14BrNO3. The predicted octanol–water partition coefficient (Wildman–Crippen LogP) is 1.17. The number of allylic oxidation sites excluding steroid dienone is 2. The van der Waals surface area contributed by atoms with Gasteiger partial charge in [-0.25, -0.2) is 4.79 Å². The number of carbonyl (C=O) groups excluding carboxylic acids is 2. The second kappa shape index (κ2) is 8.23. The average Bonchev–Trinajstić information content (AvgIpc) is 2.26. The van der Waals surface area contributed by atoms with Gasteiger partial charge in [0.15, 0.2) is 0 Å². The van der Waals surface area contributed by atoms with Crippen molar-refractivity contribution >= 4 is 28.3 Å². The van der Waals surface area contributed by atoms with Gasteiger partial charge in [-0.05, 0) is 6.42 Å². The number of amides is 1. The minimum Gasteiger partial charge on any atom is -0.467 e. The molecule has 0 aliphatic heterocycles. The molecule has 84 valence electrons. The maximum atomic E-state index is 11.2. The number of methoxy groups -OCH3 is 1. The van der Waals surface area contributed by atoms with Crippen molar-refractivity contribution in [3.05, 3.63) is 24.3 Å². The fourth-order valence-electron chi connectivity index (χ4n) is 0.973. The molecule has 0 bridgehead atoms. The summed E-state index contributed by atoms with van der Waals surface area (Å²) in [7, 11) is 1.27. The Morgan fingerprint density at radius 1 is 1.67 bits per heavy atom. The van der Waals surface area contributed by atoms with Crippen LogP contribution >= 0.6 is 15.9 Å². The van der Waals surface area contributed by atoms with Crippen LogP contribution in [0.1, 0.15) is 6.42 Å². The molecule has 1 atom stereocenters. The van der Waals surface area contributed by atoms with Gasteiger partial charge < -0.3 is 10.1 Å². The highest BCUT2D eigenvalue weighted by atomic mass is 79.9. The van der Waals surface area contributed by atoms with Crippen LogP contribution in [0.15, 0.2) is 24.3 Å². The Bertz CT molecular complexity index is 263. The van der Waals surface area contributed by atoms with Gasteiger partial charge in [0, 0.05) is 5.33 Å². The minimum atomic E-state index is -0.736. The molecule has 0 fully saturated rings. The first kappa shape index (κ1) is 13.9. The van der Waals surface area contributed by atoms with E-state index in [0.717, 1.165) is 5.57 Å². The summed E-state index contributed by atoms with van der Waals surface area (Å²) in [4.78, 5) is 21.5. The zero-order valence-electron chi connectivity index (χ0n) is 8.53. The Morgan fingerprint density at radius 3 is 2.73 bits per heavy atom. The second-order valence-corrected chi connectivity index (χ2v) is 3.30. The standard InChI is InChI=1S/C10H14BrNO3/c1-3-4-8(6-11)5-9(12-7-13)10(14)15-2/h3,5,7,9H,1,4,6H2,2H3,(H,12,13). The molecule has 1 unspecified atom stereocenters. The summed E-state index contributed by atoms with van der Waals surface area (Å²) in [5, 5.41) is 2.99. The zero-order valence-corrected chi connectivity index (χ0v) is 10.1. The highest BCUT2D eigenvalue weighted by molar-refractivity contribution is 9.09. The van der Waals surface area contributed by atoms with Gasteiger partial charge in [0.25, 0.3) is 0 Å². The Balaban J connectivity index is 4.66. The molecule has 1 amide bonds. The van der Waals surface area contributed by atoms with E-state index < -0.39 is 12.0 Å². The van der Waals surface area contributed by atoms with E-state index in [2.05, 4.69) is 32.6 Å². The Morgan fingerprint density at radius 2 is 2.33 bits per heavy atom. The Hall–Kier alpha value is -1.10. The monoisotopic (exact) mass is 275 g/mol. The van der Waals surface area contributed by atoms with Crippen molar-refractivity contribution < 1.29 is 14.3 Å². The van der Waals surface area contributed by atoms with E-state index >= 15 is 0 Å². The predicted molar refractivity (Wildman–Crippen MR) is 61.7 cm³/mol. The van der Waals surface area contributed by atoms with Crippen molar-refractivity contribution in [3.63, 3.8) is 0 Å². The maximum Gasteiger partial charge on any atom is 0.332 e. The molecule has 0 saturated carbocycles. The quantitative estimate of drug-likeness (QED) is 0.329. The van der Waals surface area contributed by atoms with Crippen molar-refractivity contribution in [2.45, 2.75) is 12.5 Å². The summed E-state index contributed by atoms with van der Waals surface area (Å²) in [5.41, 5.74) is 0.953. The summed E-state index contributed by atoms with van der Waals surface area (Å²) in [6, 6.07) is -0.736. The van der Waals surface area contributed by atoms with E-state index in [1.165, 1.54) is 7.11 Å². The molecule has 15 heavy (non-hydrogen) atoms. The lowest BCUT2D eigenvalue weighted by molar-refractivity contribution is -0.142. The molecule has 0 radical (unpaired) electrons. The number of carbonyl (C=O) groups is 2. The van der Waals surface area contributed by atoms with Crippen molar-refractivity contribution in [3.8, 4) is 0 Å². The lowest BCUT2D eigenvalue weighted by Crippen LogP contribution is -2.35. The van der Waals surface area contributed by atoms with Gasteiger partial charge in [-0.1, -0.05) is 33.7 Å². The molecule has 0 aliphatic rings.